The summed E-state index contributed by atoms with van der Waals surface area (Å²) in [5.41, 5.74) is 3.35. The lowest BCUT2D eigenvalue weighted by molar-refractivity contribution is -0.117. The third-order valence-corrected chi connectivity index (χ3v) is 6.85. The number of carbonyl (C=O) groups excluding carboxylic acids is 2. The van der Waals surface area contributed by atoms with Crippen molar-refractivity contribution in [2.24, 2.45) is 5.92 Å². The highest BCUT2D eigenvalue weighted by molar-refractivity contribution is 5.98. The van der Waals surface area contributed by atoms with E-state index in [0.29, 0.717) is 18.8 Å². The van der Waals surface area contributed by atoms with Gasteiger partial charge in [0.2, 0.25) is 5.91 Å². The summed E-state index contributed by atoms with van der Waals surface area (Å²) >= 11 is 0. The number of pyridine rings is 1. The number of aryl methyl sites for hydroxylation is 1. The van der Waals surface area contributed by atoms with Gasteiger partial charge in [0.15, 0.2) is 0 Å². The lowest BCUT2D eigenvalue weighted by atomic mass is 9.80. The highest BCUT2D eigenvalue weighted by Crippen LogP contribution is 2.43. The Kier molecular flexibility index (Phi) is 6.98. The Morgan fingerprint density at radius 1 is 1.18 bits per heavy atom. The molecule has 2 N–H and O–H groups in total. The minimum atomic E-state index is -0.0863. The highest BCUT2D eigenvalue weighted by Gasteiger charge is 2.40. The molecule has 0 spiro atoms. The second-order valence-corrected chi connectivity index (χ2v) is 9.14. The van der Waals surface area contributed by atoms with Crippen molar-refractivity contribution in [3.05, 3.63) is 53.2 Å². The summed E-state index contributed by atoms with van der Waals surface area (Å²) in [6.07, 6.45) is 2.49. The van der Waals surface area contributed by atoms with Crippen LogP contribution in [0.5, 0.6) is 0 Å². The van der Waals surface area contributed by atoms with Gasteiger partial charge >= 0.3 is 0 Å². The maximum atomic E-state index is 13.1. The molecule has 0 bridgehead atoms. The number of benzene rings is 1. The molecule has 3 atom stereocenters. The maximum Gasteiger partial charge on any atom is 0.251 e. The Labute approximate surface area is 195 Å². The molecule has 1 aromatic heterocycles. The van der Waals surface area contributed by atoms with Gasteiger partial charge in [0.25, 0.3) is 5.91 Å². The summed E-state index contributed by atoms with van der Waals surface area (Å²) in [5, 5.41) is 6.75. The van der Waals surface area contributed by atoms with E-state index in [4.69, 9.17) is 4.74 Å². The molecule has 1 saturated heterocycles. The fourth-order valence-electron chi connectivity index (χ4n) is 5.14. The van der Waals surface area contributed by atoms with Gasteiger partial charge < -0.3 is 20.3 Å². The van der Waals surface area contributed by atoms with E-state index in [9.17, 15) is 9.59 Å². The highest BCUT2D eigenvalue weighted by atomic mass is 16.5. The van der Waals surface area contributed by atoms with Crippen molar-refractivity contribution >= 4 is 23.3 Å². The number of hydrogen-bond acceptors (Lipinski definition) is 5. The number of nitrogens with one attached hydrogen (secondary N) is 2. The molecule has 0 saturated carbocycles. The van der Waals surface area contributed by atoms with Crippen LogP contribution >= 0.6 is 0 Å². The van der Waals surface area contributed by atoms with E-state index < -0.39 is 0 Å². The zero-order valence-corrected chi connectivity index (χ0v) is 19.9. The molecule has 1 aromatic carbocycles. The number of rotatable bonds is 5. The van der Waals surface area contributed by atoms with Crippen LogP contribution in [0.2, 0.25) is 0 Å². The molecule has 3 heterocycles. The molecule has 2 aliphatic heterocycles. The van der Waals surface area contributed by atoms with Gasteiger partial charge in [-0.2, -0.15) is 0 Å². The number of nitrogens with zero attached hydrogens (tertiary/aromatic N) is 2. The van der Waals surface area contributed by atoms with Gasteiger partial charge in [-0.15, -0.1) is 0 Å². The van der Waals surface area contributed by atoms with Crippen molar-refractivity contribution in [1.82, 2.24) is 10.3 Å². The molecule has 7 heteroatoms. The van der Waals surface area contributed by atoms with E-state index in [0.717, 1.165) is 42.0 Å². The summed E-state index contributed by atoms with van der Waals surface area (Å²) < 4.78 is 5.40. The Balaban J connectivity index is 1.71. The van der Waals surface area contributed by atoms with Crippen molar-refractivity contribution in [3.63, 3.8) is 0 Å². The largest absolute Gasteiger partial charge is 0.381 e. The number of fused-ring (bicyclic) bond motifs is 1. The van der Waals surface area contributed by atoms with Gasteiger partial charge in [-0.05, 0) is 62.1 Å². The molecule has 0 radical (unpaired) electrons. The lowest BCUT2D eigenvalue weighted by Crippen LogP contribution is -2.49. The standard InChI is InChI=1S/C26H34N4O3/c1-5-22-17(3)25(29-24-8-6-7-16(2)27-24)21-15-19(9-10-23(21)30(22)18(4)31)26(32)28-20-11-13-33-14-12-20/h6-10,15,17,20,22,25H,5,11-14H2,1-4H3,(H,27,29)(H,28,32)/t17-,22?,25?/m0/s1. The third kappa shape index (κ3) is 4.88. The average molecular weight is 451 g/mol. The van der Waals surface area contributed by atoms with Crippen molar-refractivity contribution in [3.8, 4) is 0 Å². The zero-order valence-electron chi connectivity index (χ0n) is 19.9. The molecular formula is C26H34N4O3. The molecule has 2 unspecified atom stereocenters. The molecule has 2 aliphatic rings. The number of aromatic nitrogens is 1. The number of carbonyl (C=O) groups is 2. The van der Waals surface area contributed by atoms with E-state index in [1.54, 1.807) is 6.92 Å². The topological polar surface area (TPSA) is 83.6 Å². The van der Waals surface area contributed by atoms with Crippen LogP contribution in [0.4, 0.5) is 11.5 Å². The van der Waals surface area contributed by atoms with Gasteiger partial charge in [-0.25, -0.2) is 4.98 Å². The monoisotopic (exact) mass is 450 g/mol. The maximum absolute atomic E-state index is 13.1. The molecule has 33 heavy (non-hydrogen) atoms. The fraction of sp³-hybridized carbons (Fsp3) is 0.500. The van der Waals surface area contributed by atoms with Crippen molar-refractivity contribution in [2.75, 3.05) is 23.4 Å². The van der Waals surface area contributed by atoms with Crippen LogP contribution in [-0.4, -0.2) is 42.1 Å². The first-order valence-electron chi connectivity index (χ1n) is 11.9. The molecule has 4 rings (SSSR count). The average Bonchev–Trinajstić information content (AvgIpc) is 2.80. The summed E-state index contributed by atoms with van der Waals surface area (Å²) in [7, 11) is 0. The van der Waals surface area contributed by atoms with E-state index in [1.165, 1.54) is 0 Å². The number of hydrogen-bond donors (Lipinski definition) is 2. The predicted molar refractivity (Wildman–Crippen MR) is 129 cm³/mol. The predicted octanol–water partition coefficient (Wildman–Crippen LogP) is 4.23. The van der Waals surface area contributed by atoms with Crippen molar-refractivity contribution in [1.29, 1.82) is 0 Å². The number of ether oxygens (including phenoxy) is 1. The summed E-state index contributed by atoms with van der Waals surface area (Å²) in [6, 6.07) is 11.7. The first-order valence-corrected chi connectivity index (χ1v) is 11.9. The smallest absolute Gasteiger partial charge is 0.251 e. The van der Waals surface area contributed by atoms with Gasteiger partial charge in [0, 0.05) is 55.1 Å². The van der Waals surface area contributed by atoms with E-state index in [2.05, 4.69) is 29.5 Å². The molecule has 7 nitrogen and oxygen atoms in total. The van der Waals surface area contributed by atoms with Crippen molar-refractivity contribution in [2.45, 2.75) is 65.1 Å². The molecule has 2 aromatic rings. The minimum absolute atomic E-state index is 0.0153. The second kappa shape index (κ2) is 9.91. The molecule has 176 valence electrons. The van der Waals surface area contributed by atoms with E-state index >= 15 is 0 Å². The van der Waals surface area contributed by atoms with Gasteiger partial charge in [0.05, 0.1) is 6.04 Å². The van der Waals surface area contributed by atoms with Gasteiger partial charge in [0.1, 0.15) is 5.82 Å². The Morgan fingerprint density at radius 3 is 2.61 bits per heavy atom. The third-order valence-electron chi connectivity index (χ3n) is 6.85. The normalized spacial score (nSPS) is 23.0. The van der Waals surface area contributed by atoms with Crippen LogP contribution in [0.25, 0.3) is 0 Å². The van der Waals surface area contributed by atoms with Gasteiger partial charge in [-0.1, -0.05) is 19.9 Å². The van der Waals surface area contributed by atoms with E-state index in [1.807, 2.05) is 48.2 Å². The van der Waals surface area contributed by atoms with Crippen LogP contribution in [0.1, 0.15) is 67.7 Å². The first kappa shape index (κ1) is 23.2. The first-order chi connectivity index (χ1) is 15.9. The lowest BCUT2D eigenvalue weighted by Gasteiger charge is -2.45. The van der Waals surface area contributed by atoms with Crippen LogP contribution in [0.15, 0.2) is 36.4 Å². The quantitative estimate of drug-likeness (QED) is 0.712. The molecular weight excluding hydrogens is 416 g/mol. The fourth-order valence-corrected chi connectivity index (χ4v) is 5.14. The zero-order chi connectivity index (χ0) is 23.5. The SMILES string of the molecule is CCC1[C@H](C)C(Nc2cccc(C)n2)c2cc(C(=O)NC3CCOCC3)ccc2N1C(C)=O. The molecule has 2 amide bonds. The second-order valence-electron chi connectivity index (χ2n) is 9.14. The molecule has 1 fully saturated rings. The Hall–Kier alpha value is -2.93. The van der Waals surface area contributed by atoms with Crippen LogP contribution < -0.4 is 15.5 Å². The van der Waals surface area contributed by atoms with Crippen molar-refractivity contribution < 1.29 is 14.3 Å². The number of anilines is 2. The van der Waals surface area contributed by atoms with Gasteiger partial charge in [-0.3, -0.25) is 9.59 Å². The summed E-state index contributed by atoms with van der Waals surface area (Å²) in [4.78, 5) is 32.3. The Bertz CT molecular complexity index is 1020. The minimum Gasteiger partial charge on any atom is -0.381 e. The Morgan fingerprint density at radius 2 is 1.94 bits per heavy atom. The summed E-state index contributed by atoms with van der Waals surface area (Å²) in [5.74, 6) is 0.849. The summed E-state index contributed by atoms with van der Waals surface area (Å²) in [6.45, 7) is 9.20. The van der Waals surface area contributed by atoms with Crippen LogP contribution in [0.3, 0.4) is 0 Å². The van der Waals surface area contributed by atoms with Crippen LogP contribution in [0, 0.1) is 12.8 Å². The van der Waals surface area contributed by atoms with Crippen LogP contribution in [-0.2, 0) is 9.53 Å². The van der Waals surface area contributed by atoms with E-state index in [-0.39, 0.29) is 35.9 Å². The molecule has 0 aliphatic carbocycles. The number of amides is 2.